The summed E-state index contributed by atoms with van der Waals surface area (Å²) in [6.45, 7) is 5.89. The fourth-order valence-electron chi connectivity index (χ4n) is 2.29. The molecule has 0 spiro atoms. The highest BCUT2D eigenvalue weighted by molar-refractivity contribution is 6.09. The van der Waals surface area contributed by atoms with Gasteiger partial charge in [0.25, 0.3) is 0 Å². The van der Waals surface area contributed by atoms with E-state index in [4.69, 9.17) is 6.72 Å². The lowest BCUT2D eigenvalue weighted by Crippen LogP contribution is -1.95. The predicted molar refractivity (Wildman–Crippen MR) is 70.1 cm³/mol. The van der Waals surface area contributed by atoms with Gasteiger partial charge in [0.2, 0.25) is 0 Å². The molecule has 0 aliphatic carbocycles. The number of aromatic nitrogens is 2. The number of imidazole rings is 1. The molecule has 0 saturated carbocycles. The van der Waals surface area contributed by atoms with Crippen molar-refractivity contribution in [1.82, 2.24) is 9.55 Å². The molecule has 2 aromatic carbocycles. The number of fused-ring (bicyclic) bond motifs is 3. The lowest BCUT2D eigenvalue weighted by atomic mass is 10.1. The summed E-state index contributed by atoms with van der Waals surface area (Å²) < 4.78 is 3.68. The second-order valence-corrected chi connectivity index (χ2v) is 4.27. The van der Waals surface area contributed by atoms with E-state index < -0.39 is 0 Å². The molecule has 0 unspecified atom stereocenters. The molecule has 0 aliphatic rings. The maximum Gasteiger partial charge on any atom is 0.105 e. The summed E-state index contributed by atoms with van der Waals surface area (Å²) in [5.41, 5.74) is 3.13. The molecule has 0 atom stereocenters. The van der Waals surface area contributed by atoms with Crippen molar-refractivity contribution in [3.05, 3.63) is 36.7 Å². The van der Waals surface area contributed by atoms with Crippen LogP contribution in [-0.4, -0.2) is 27.9 Å². The summed E-state index contributed by atoms with van der Waals surface area (Å²) in [5, 5.41) is 2.32. The lowest BCUT2D eigenvalue weighted by Gasteiger charge is -2.11. The van der Waals surface area contributed by atoms with Crippen LogP contribution in [0.3, 0.4) is 0 Å². The van der Waals surface area contributed by atoms with E-state index in [1.807, 2.05) is 43.2 Å². The molecular formula is C14H13N3. The quantitative estimate of drug-likeness (QED) is 0.353. The van der Waals surface area contributed by atoms with Crippen molar-refractivity contribution in [3.63, 3.8) is 0 Å². The topological polar surface area (TPSA) is 20.8 Å². The Hall–Kier alpha value is -2.16. The molecule has 0 bridgehead atoms. The third-order valence-corrected chi connectivity index (χ3v) is 3.08. The van der Waals surface area contributed by atoms with Gasteiger partial charge >= 0.3 is 0 Å². The summed E-state index contributed by atoms with van der Waals surface area (Å²) in [5.74, 6) is 0. The van der Waals surface area contributed by atoms with E-state index in [1.165, 1.54) is 5.39 Å². The van der Waals surface area contributed by atoms with Gasteiger partial charge in [-0.2, -0.15) is 0 Å². The van der Waals surface area contributed by atoms with Crippen LogP contribution in [0.2, 0.25) is 0 Å². The number of aryl methyl sites for hydroxylation is 1. The Morgan fingerprint density at radius 2 is 2.06 bits per heavy atom. The monoisotopic (exact) mass is 223 g/mol. The largest absolute Gasteiger partial charge is 0.369 e. The molecule has 3 heteroatoms. The predicted octanol–water partition coefficient (Wildman–Crippen LogP) is 2.58. The Morgan fingerprint density at radius 1 is 1.24 bits per heavy atom. The molecule has 3 rings (SSSR count). The first-order valence-electron chi connectivity index (χ1n) is 5.49. The van der Waals surface area contributed by atoms with Crippen LogP contribution in [0, 0.1) is 0 Å². The van der Waals surface area contributed by atoms with Gasteiger partial charge in [0, 0.05) is 13.8 Å². The summed E-state index contributed by atoms with van der Waals surface area (Å²) in [6, 6.07) is 10.3. The van der Waals surface area contributed by atoms with Gasteiger partial charge in [-0.25, -0.2) is 4.98 Å². The first-order valence-corrected chi connectivity index (χ1v) is 5.49. The van der Waals surface area contributed by atoms with E-state index in [-0.39, 0.29) is 0 Å². The normalized spacial score (nSPS) is 11.2. The Kier molecular flexibility index (Phi) is 2.01. The minimum atomic E-state index is 0.995. The second kappa shape index (κ2) is 3.42. The molecule has 17 heavy (non-hydrogen) atoms. The van der Waals surface area contributed by atoms with Gasteiger partial charge in [0.05, 0.1) is 23.0 Å². The first kappa shape index (κ1) is 10.0. The van der Waals surface area contributed by atoms with Gasteiger partial charge in [0.15, 0.2) is 0 Å². The fraction of sp³-hybridized carbons (Fsp3) is 0.143. The van der Waals surface area contributed by atoms with Crippen molar-refractivity contribution >= 4 is 34.2 Å². The zero-order chi connectivity index (χ0) is 12.0. The number of hydrogen-bond donors (Lipinski definition) is 0. The Labute approximate surface area is 99.6 Å². The van der Waals surface area contributed by atoms with Crippen LogP contribution in [0.25, 0.3) is 21.8 Å². The Bertz CT molecular complexity index is 738. The Balaban J connectivity index is 2.63. The molecule has 84 valence electrons. The summed E-state index contributed by atoms with van der Waals surface area (Å²) in [7, 11) is 3.85. The van der Waals surface area contributed by atoms with Crippen molar-refractivity contribution in [3.8, 4) is 0 Å². The van der Waals surface area contributed by atoms with E-state index in [9.17, 15) is 0 Å². The van der Waals surface area contributed by atoms with Gasteiger partial charge in [-0.05, 0) is 16.8 Å². The van der Waals surface area contributed by atoms with Crippen molar-refractivity contribution in [1.29, 1.82) is 0 Å². The maximum atomic E-state index is 5.89. The molecule has 0 radical (unpaired) electrons. The van der Waals surface area contributed by atoms with Gasteiger partial charge < -0.3 is 9.14 Å². The Morgan fingerprint density at radius 3 is 2.82 bits per heavy atom. The number of nitrogens with zero attached hydrogens (tertiary/aromatic N) is 3. The van der Waals surface area contributed by atoms with E-state index in [1.54, 1.807) is 4.58 Å². The highest BCUT2D eigenvalue weighted by Gasteiger charge is 2.08. The highest BCUT2D eigenvalue weighted by atomic mass is 15.0. The van der Waals surface area contributed by atoms with E-state index in [0.717, 1.165) is 22.1 Å². The zero-order valence-electron chi connectivity index (χ0n) is 9.88. The number of hydrogen-bond acceptors (Lipinski definition) is 1. The van der Waals surface area contributed by atoms with Crippen LogP contribution in [0.5, 0.6) is 0 Å². The summed E-state index contributed by atoms with van der Waals surface area (Å²) in [4.78, 5) is 4.37. The molecular weight excluding hydrogens is 210 g/mol. The second-order valence-electron chi connectivity index (χ2n) is 4.27. The van der Waals surface area contributed by atoms with Crippen molar-refractivity contribution in [2.75, 3.05) is 7.05 Å². The molecule has 1 aromatic heterocycles. The van der Waals surface area contributed by atoms with Crippen molar-refractivity contribution in [2.24, 2.45) is 7.05 Å². The molecule has 0 aliphatic heterocycles. The SMILES string of the molecule is [CH-]=[N+](C)c1cccc2ccc3ncn(C)c3c12. The molecule has 1 heterocycles. The van der Waals surface area contributed by atoms with Gasteiger partial charge in [-0.3, -0.25) is 0 Å². The average Bonchev–Trinajstić information content (AvgIpc) is 2.70. The minimum absolute atomic E-state index is 0.995. The molecule has 0 saturated heterocycles. The maximum absolute atomic E-state index is 5.89. The van der Waals surface area contributed by atoms with Gasteiger partial charge in [-0.1, -0.05) is 24.3 Å². The fourth-order valence-corrected chi connectivity index (χ4v) is 2.29. The molecule has 0 fully saturated rings. The van der Waals surface area contributed by atoms with E-state index >= 15 is 0 Å². The highest BCUT2D eigenvalue weighted by Crippen LogP contribution is 2.31. The van der Waals surface area contributed by atoms with E-state index in [2.05, 4.69) is 17.1 Å². The third-order valence-electron chi connectivity index (χ3n) is 3.08. The zero-order valence-corrected chi connectivity index (χ0v) is 9.88. The van der Waals surface area contributed by atoms with Crippen LogP contribution in [-0.2, 0) is 7.05 Å². The van der Waals surface area contributed by atoms with Crippen LogP contribution in [0.15, 0.2) is 36.7 Å². The minimum Gasteiger partial charge on any atom is -0.369 e. The average molecular weight is 223 g/mol. The van der Waals surface area contributed by atoms with Gasteiger partial charge in [-0.15, -0.1) is 0 Å². The van der Waals surface area contributed by atoms with Crippen LogP contribution < -0.4 is 0 Å². The van der Waals surface area contributed by atoms with Crippen molar-refractivity contribution in [2.45, 2.75) is 0 Å². The van der Waals surface area contributed by atoms with Crippen LogP contribution in [0.4, 0.5) is 5.69 Å². The molecule has 0 N–H and O–H groups in total. The van der Waals surface area contributed by atoms with Crippen LogP contribution >= 0.6 is 0 Å². The third kappa shape index (κ3) is 1.35. The first-order chi connectivity index (χ1) is 8.18. The van der Waals surface area contributed by atoms with Crippen LogP contribution in [0.1, 0.15) is 0 Å². The summed E-state index contributed by atoms with van der Waals surface area (Å²) >= 11 is 0. The smallest absolute Gasteiger partial charge is 0.105 e. The number of benzene rings is 2. The molecule has 3 aromatic rings. The molecule has 3 nitrogen and oxygen atoms in total. The number of rotatable bonds is 1. The van der Waals surface area contributed by atoms with Gasteiger partial charge in [0.1, 0.15) is 7.05 Å². The van der Waals surface area contributed by atoms with Crippen molar-refractivity contribution < 1.29 is 4.58 Å². The molecule has 0 amide bonds. The van der Waals surface area contributed by atoms with E-state index in [0.29, 0.717) is 0 Å². The summed E-state index contributed by atoms with van der Waals surface area (Å²) in [6.07, 6.45) is 1.83. The lowest BCUT2D eigenvalue weighted by molar-refractivity contribution is -0.392. The standard InChI is InChI=1S/C14H13N3/c1-16(2)12-6-4-5-10-7-8-11-14(13(10)12)17(3)9-15-11/h1,4-9H,2-3H3.